The van der Waals surface area contributed by atoms with E-state index in [-0.39, 0.29) is 12.7 Å². The van der Waals surface area contributed by atoms with Crippen molar-refractivity contribution >= 4 is 28.9 Å². The van der Waals surface area contributed by atoms with Gasteiger partial charge in [0, 0.05) is 18.5 Å². The minimum absolute atomic E-state index is 0.0408. The van der Waals surface area contributed by atoms with Gasteiger partial charge in [0.1, 0.15) is 5.75 Å². The van der Waals surface area contributed by atoms with Gasteiger partial charge in [-0.2, -0.15) is 0 Å². The van der Waals surface area contributed by atoms with Crippen LogP contribution in [0.2, 0.25) is 0 Å². The highest BCUT2D eigenvalue weighted by molar-refractivity contribution is 7.11. The molecule has 0 radical (unpaired) electrons. The third-order valence-electron chi connectivity index (χ3n) is 4.65. The first-order valence-electron chi connectivity index (χ1n) is 9.17. The Labute approximate surface area is 173 Å². The highest BCUT2D eigenvalue weighted by atomic mass is 32.1. The molecule has 4 rings (SSSR count). The first-order valence-corrected chi connectivity index (χ1v) is 10.1. The number of nitrogens with zero attached hydrogens (tertiary/aromatic N) is 1. The van der Waals surface area contributed by atoms with Crippen molar-refractivity contribution in [2.75, 3.05) is 21.0 Å². The van der Waals surface area contributed by atoms with Crippen LogP contribution < -0.4 is 14.2 Å². The van der Waals surface area contributed by atoms with Crippen molar-refractivity contribution in [3.05, 3.63) is 76.0 Å². The summed E-state index contributed by atoms with van der Waals surface area (Å²) >= 11 is 1.55. The number of thiophene rings is 1. The number of benzene rings is 2. The Balaban J connectivity index is 1.58. The Bertz CT molecular complexity index is 1030. The van der Waals surface area contributed by atoms with Gasteiger partial charge in [-0.3, -0.25) is 4.79 Å². The zero-order chi connectivity index (χ0) is 20.2. The van der Waals surface area contributed by atoms with Gasteiger partial charge >= 0.3 is 0 Å². The average Bonchev–Trinajstić information content (AvgIpc) is 3.43. The Morgan fingerprint density at radius 2 is 1.93 bits per heavy atom. The fourth-order valence-corrected chi connectivity index (χ4v) is 3.86. The van der Waals surface area contributed by atoms with Crippen molar-refractivity contribution in [1.29, 1.82) is 0 Å². The molecule has 0 atom stereocenters. The van der Waals surface area contributed by atoms with E-state index in [2.05, 4.69) is 0 Å². The van der Waals surface area contributed by atoms with Gasteiger partial charge in [0.05, 0.1) is 12.7 Å². The first-order chi connectivity index (χ1) is 14.1. The molecule has 0 saturated heterocycles. The number of carbonyl (C=O) groups is 1. The smallest absolute Gasteiger partial charge is 0.255 e. The SMILES string of the molecule is COc1ccc(/C=C(/C(=O)N(C)Cc2ccc3c(c2)OCO3)c2cccs2)cc1. The number of hydrogen-bond donors (Lipinski definition) is 0. The number of methoxy groups -OCH3 is 1. The van der Waals surface area contributed by atoms with Crippen LogP contribution in [-0.2, 0) is 11.3 Å². The van der Waals surface area contributed by atoms with E-state index in [9.17, 15) is 4.79 Å². The molecule has 0 fully saturated rings. The van der Waals surface area contributed by atoms with E-state index in [4.69, 9.17) is 14.2 Å². The van der Waals surface area contributed by atoms with Gasteiger partial charge in [0.25, 0.3) is 5.91 Å². The van der Waals surface area contributed by atoms with E-state index in [1.165, 1.54) is 0 Å². The maximum atomic E-state index is 13.3. The van der Waals surface area contributed by atoms with E-state index in [0.717, 1.165) is 33.3 Å². The maximum absolute atomic E-state index is 13.3. The lowest BCUT2D eigenvalue weighted by Crippen LogP contribution is -2.26. The van der Waals surface area contributed by atoms with Gasteiger partial charge in [-0.25, -0.2) is 0 Å². The summed E-state index contributed by atoms with van der Waals surface area (Å²) in [5.41, 5.74) is 2.59. The van der Waals surface area contributed by atoms with E-state index < -0.39 is 0 Å². The molecule has 1 aliphatic heterocycles. The number of likely N-dealkylation sites (N-methyl/N-ethyl adjacent to an activating group) is 1. The lowest BCUT2D eigenvalue weighted by atomic mass is 10.1. The van der Waals surface area contributed by atoms with Crippen LogP contribution in [0.4, 0.5) is 0 Å². The quantitative estimate of drug-likeness (QED) is 0.557. The monoisotopic (exact) mass is 407 g/mol. The molecule has 3 aromatic rings. The number of amides is 1. The summed E-state index contributed by atoms with van der Waals surface area (Å²) in [6, 6.07) is 17.3. The largest absolute Gasteiger partial charge is 0.497 e. The Morgan fingerprint density at radius 3 is 2.66 bits per heavy atom. The summed E-state index contributed by atoms with van der Waals surface area (Å²) in [5.74, 6) is 2.20. The lowest BCUT2D eigenvalue weighted by Gasteiger charge is -2.19. The zero-order valence-corrected chi connectivity index (χ0v) is 17.1. The number of rotatable bonds is 6. The summed E-state index contributed by atoms with van der Waals surface area (Å²) in [4.78, 5) is 15.9. The predicted octanol–water partition coefficient (Wildman–Crippen LogP) is 4.68. The number of fused-ring (bicyclic) bond motifs is 1. The molecule has 1 aromatic heterocycles. The molecule has 0 aliphatic carbocycles. The molecule has 0 saturated carbocycles. The van der Waals surface area contributed by atoms with Gasteiger partial charge in [-0.05, 0) is 52.9 Å². The highest BCUT2D eigenvalue weighted by Crippen LogP contribution is 2.33. The standard InChI is InChI=1S/C23H21NO4S/c1-24(14-17-7-10-20-21(13-17)28-15-27-20)23(25)19(22-4-3-11-29-22)12-16-5-8-18(26-2)9-6-16/h3-13H,14-15H2,1-2H3/b19-12+. The third-order valence-corrected chi connectivity index (χ3v) is 5.55. The summed E-state index contributed by atoms with van der Waals surface area (Å²) in [6.07, 6.45) is 1.92. The van der Waals surface area contributed by atoms with Crippen molar-refractivity contribution in [2.24, 2.45) is 0 Å². The summed E-state index contributed by atoms with van der Waals surface area (Å²) in [7, 11) is 3.44. The van der Waals surface area contributed by atoms with E-state index in [1.54, 1.807) is 23.3 Å². The van der Waals surface area contributed by atoms with Crippen LogP contribution in [0.15, 0.2) is 60.0 Å². The van der Waals surface area contributed by atoms with Crippen molar-refractivity contribution in [3.8, 4) is 17.2 Å². The summed E-state index contributed by atoms with van der Waals surface area (Å²) in [6.45, 7) is 0.710. The Morgan fingerprint density at radius 1 is 1.14 bits per heavy atom. The van der Waals surface area contributed by atoms with Crippen LogP contribution in [0, 0.1) is 0 Å². The number of hydrogen-bond acceptors (Lipinski definition) is 5. The normalized spacial score (nSPS) is 12.7. The van der Waals surface area contributed by atoms with Crippen molar-refractivity contribution in [3.63, 3.8) is 0 Å². The fraction of sp³-hybridized carbons (Fsp3) is 0.174. The molecule has 0 unspecified atom stereocenters. The van der Waals surface area contributed by atoms with Crippen LogP contribution in [-0.4, -0.2) is 31.8 Å². The molecule has 2 heterocycles. The average molecular weight is 407 g/mol. The van der Waals surface area contributed by atoms with Crippen molar-refractivity contribution < 1.29 is 19.0 Å². The lowest BCUT2D eigenvalue weighted by molar-refractivity contribution is -0.124. The predicted molar refractivity (Wildman–Crippen MR) is 114 cm³/mol. The molecule has 148 valence electrons. The molecule has 1 aliphatic rings. The van der Waals surface area contributed by atoms with Gasteiger partial charge in [0.15, 0.2) is 11.5 Å². The summed E-state index contributed by atoms with van der Waals surface area (Å²) in [5, 5.41) is 1.97. The van der Waals surface area contributed by atoms with Gasteiger partial charge < -0.3 is 19.1 Å². The molecule has 0 N–H and O–H groups in total. The van der Waals surface area contributed by atoms with E-state index >= 15 is 0 Å². The topological polar surface area (TPSA) is 48.0 Å². The zero-order valence-electron chi connectivity index (χ0n) is 16.3. The van der Waals surface area contributed by atoms with E-state index in [1.807, 2.05) is 73.1 Å². The molecule has 29 heavy (non-hydrogen) atoms. The van der Waals surface area contributed by atoms with Gasteiger partial charge in [0.2, 0.25) is 6.79 Å². The molecular weight excluding hydrogens is 386 g/mol. The second-order valence-electron chi connectivity index (χ2n) is 6.66. The van der Waals surface area contributed by atoms with Crippen molar-refractivity contribution in [2.45, 2.75) is 6.54 Å². The minimum Gasteiger partial charge on any atom is -0.497 e. The molecule has 5 nitrogen and oxygen atoms in total. The highest BCUT2D eigenvalue weighted by Gasteiger charge is 2.19. The molecule has 1 amide bonds. The van der Waals surface area contributed by atoms with Crippen molar-refractivity contribution in [1.82, 2.24) is 4.90 Å². The Hall–Kier alpha value is -3.25. The van der Waals surface area contributed by atoms with E-state index in [0.29, 0.717) is 12.1 Å². The number of carbonyl (C=O) groups excluding carboxylic acids is 1. The van der Waals surface area contributed by atoms with Crippen LogP contribution in [0.5, 0.6) is 17.2 Å². The second-order valence-corrected chi connectivity index (χ2v) is 7.60. The van der Waals surface area contributed by atoms with Crippen LogP contribution >= 0.6 is 11.3 Å². The summed E-state index contributed by atoms with van der Waals surface area (Å²) < 4.78 is 16.0. The maximum Gasteiger partial charge on any atom is 0.255 e. The fourth-order valence-electron chi connectivity index (χ4n) is 3.13. The molecule has 0 bridgehead atoms. The minimum atomic E-state index is -0.0408. The molecule has 6 heteroatoms. The molecule has 0 spiro atoms. The third kappa shape index (κ3) is 4.27. The second kappa shape index (κ2) is 8.41. The van der Waals surface area contributed by atoms with Gasteiger partial charge in [-0.15, -0.1) is 11.3 Å². The molecular formula is C23H21NO4S. The van der Waals surface area contributed by atoms with Crippen LogP contribution in [0.3, 0.4) is 0 Å². The number of ether oxygens (including phenoxy) is 3. The Kier molecular flexibility index (Phi) is 5.53. The van der Waals surface area contributed by atoms with Crippen LogP contribution in [0.25, 0.3) is 11.6 Å². The van der Waals surface area contributed by atoms with Gasteiger partial charge in [-0.1, -0.05) is 24.3 Å². The molecule has 2 aromatic carbocycles. The van der Waals surface area contributed by atoms with Crippen LogP contribution in [0.1, 0.15) is 16.0 Å². The first kappa shape index (κ1) is 19.1.